The standard InChI is InChI=1S/C10H20O3S/c1-8(2)4-5-10(11)6-7-14(12,13)9(10)3/h8-9,11H,4-7H2,1-3H3. The summed E-state index contributed by atoms with van der Waals surface area (Å²) in [6.45, 7) is 5.79. The SMILES string of the molecule is CC(C)CCC1(O)CCS(=O)(=O)C1C. The van der Waals surface area contributed by atoms with E-state index in [0.717, 1.165) is 6.42 Å². The Balaban J connectivity index is 2.68. The summed E-state index contributed by atoms with van der Waals surface area (Å²) in [4.78, 5) is 0. The van der Waals surface area contributed by atoms with E-state index in [-0.39, 0.29) is 5.75 Å². The molecule has 2 unspecified atom stereocenters. The highest BCUT2D eigenvalue weighted by Crippen LogP contribution is 2.35. The number of sulfone groups is 1. The van der Waals surface area contributed by atoms with Gasteiger partial charge in [-0.25, -0.2) is 8.42 Å². The third-order valence-corrected chi connectivity index (χ3v) is 5.56. The van der Waals surface area contributed by atoms with Crippen molar-refractivity contribution in [3.8, 4) is 0 Å². The molecule has 0 aromatic rings. The van der Waals surface area contributed by atoms with Gasteiger partial charge in [0.05, 0.1) is 16.6 Å². The van der Waals surface area contributed by atoms with Gasteiger partial charge in [0.25, 0.3) is 0 Å². The highest BCUT2D eigenvalue weighted by molar-refractivity contribution is 7.92. The van der Waals surface area contributed by atoms with Crippen molar-refractivity contribution in [3.05, 3.63) is 0 Å². The van der Waals surface area contributed by atoms with E-state index < -0.39 is 20.7 Å². The molecule has 4 heteroatoms. The van der Waals surface area contributed by atoms with Crippen LogP contribution in [-0.2, 0) is 9.84 Å². The first kappa shape index (κ1) is 12.0. The van der Waals surface area contributed by atoms with Gasteiger partial charge in [-0.1, -0.05) is 13.8 Å². The topological polar surface area (TPSA) is 54.4 Å². The lowest BCUT2D eigenvalue weighted by Crippen LogP contribution is -2.38. The van der Waals surface area contributed by atoms with Gasteiger partial charge in [-0.3, -0.25) is 0 Å². The molecule has 1 heterocycles. The van der Waals surface area contributed by atoms with Crippen molar-refractivity contribution in [1.82, 2.24) is 0 Å². The Morgan fingerprint density at radius 3 is 2.43 bits per heavy atom. The molecule has 1 aliphatic rings. The molecule has 0 amide bonds. The van der Waals surface area contributed by atoms with Crippen LogP contribution in [0.4, 0.5) is 0 Å². The van der Waals surface area contributed by atoms with Crippen molar-refractivity contribution >= 4 is 9.84 Å². The van der Waals surface area contributed by atoms with Gasteiger partial charge in [0.15, 0.2) is 9.84 Å². The number of hydrogen-bond acceptors (Lipinski definition) is 3. The quantitative estimate of drug-likeness (QED) is 0.781. The molecule has 1 fully saturated rings. The van der Waals surface area contributed by atoms with Gasteiger partial charge in [-0.15, -0.1) is 0 Å². The molecule has 84 valence electrons. The molecule has 1 aliphatic heterocycles. The molecule has 1 rings (SSSR count). The first-order chi connectivity index (χ1) is 6.28. The van der Waals surface area contributed by atoms with Crippen molar-refractivity contribution in [2.75, 3.05) is 5.75 Å². The van der Waals surface area contributed by atoms with Crippen LogP contribution in [0.2, 0.25) is 0 Å². The van der Waals surface area contributed by atoms with E-state index in [4.69, 9.17) is 0 Å². The first-order valence-corrected chi connectivity index (χ1v) is 6.93. The maximum Gasteiger partial charge on any atom is 0.155 e. The van der Waals surface area contributed by atoms with E-state index in [1.807, 2.05) is 0 Å². The summed E-state index contributed by atoms with van der Waals surface area (Å²) in [6, 6.07) is 0. The van der Waals surface area contributed by atoms with Crippen LogP contribution >= 0.6 is 0 Å². The second-order valence-electron chi connectivity index (χ2n) is 4.80. The van der Waals surface area contributed by atoms with E-state index in [2.05, 4.69) is 13.8 Å². The lowest BCUT2D eigenvalue weighted by molar-refractivity contribution is 0.0311. The van der Waals surface area contributed by atoms with Gasteiger partial charge >= 0.3 is 0 Å². The zero-order valence-corrected chi connectivity index (χ0v) is 9.97. The van der Waals surface area contributed by atoms with Gasteiger partial charge in [0, 0.05) is 0 Å². The highest BCUT2D eigenvalue weighted by Gasteiger charge is 2.47. The van der Waals surface area contributed by atoms with Crippen LogP contribution in [0, 0.1) is 5.92 Å². The third kappa shape index (κ3) is 2.28. The van der Waals surface area contributed by atoms with Crippen LogP contribution in [0.3, 0.4) is 0 Å². The number of rotatable bonds is 3. The summed E-state index contributed by atoms with van der Waals surface area (Å²) in [5.74, 6) is 0.650. The van der Waals surface area contributed by atoms with Gasteiger partial charge in [0.1, 0.15) is 0 Å². The monoisotopic (exact) mass is 220 g/mol. The fraction of sp³-hybridized carbons (Fsp3) is 1.00. The normalized spacial score (nSPS) is 36.5. The Kier molecular flexibility index (Phi) is 3.26. The second-order valence-corrected chi connectivity index (χ2v) is 7.24. The Morgan fingerprint density at radius 1 is 1.50 bits per heavy atom. The Bertz CT molecular complexity index is 294. The minimum Gasteiger partial charge on any atom is -0.389 e. The largest absolute Gasteiger partial charge is 0.389 e. The Labute approximate surface area is 86.4 Å². The van der Waals surface area contributed by atoms with Crippen LogP contribution in [0.15, 0.2) is 0 Å². The first-order valence-electron chi connectivity index (χ1n) is 5.22. The summed E-state index contributed by atoms with van der Waals surface area (Å²) < 4.78 is 22.9. The maximum absolute atomic E-state index is 11.5. The predicted octanol–water partition coefficient (Wildman–Crippen LogP) is 1.36. The average molecular weight is 220 g/mol. The molecule has 0 aromatic carbocycles. The summed E-state index contributed by atoms with van der Waals surface area (Å²) in [5, 5.41) is 9.58. The summed E-state index contributed by atoms with van der Waals surface area (Å²) in [5.41, 5.74) is -0.969. The molecule has 3 nitrogen and oxygen atoms in total. The van der Waals surface area contributed by atoms with Gasteiger partial charge < -0.3 is 5.11 Å². The van der Waals surface area contributed by atoms with Crippen molar-refractivity contribution in [2.45, 2.75) is 50.9 Å². The smallest absolute Gasteiger partial charge is 0.155 e. The Morgan fingerprint density at radius 2 is 2.07 bits per heavy atom. The molecule has 1 N–H and O–H groups in total. The summed E-state index contributed by atoms with van der Waals surface area (Å²) in [7, 11) is -3.03. The van der Waals surface area contributed by atoms with Crippen molar-refractivity contribution < 1.29 is 13.5 Å². The van der Waals surface area contributed by atoms with Crippen molar-refractivity contribution in [3.63, 3.8) is 0 Å². The van der Waals surface area contributed by atoms with Crippen LogP contribution in [0.5, 0.6) is 0 Å². The summed E-state index contributed by atoms with van der Waals surface area (Å²) in [6.07, 6.45) is 1.89. The van der Waals surface area contributed by atoms with Crippen LogP contribution < -0.4 is 0 Å². The van der Waals surface area contributed by atoms with Gasteiger partial charge in [-0.05, 0) is 32.1 Å². The molecular formula is C10H20O3S. The fourth-order valence-electron chi connectivity index (χ4n) is 1.90. The molecule has 1 saturated heterocycles. The van der Waals surface area contributed by atoms with Gasteiger partial charge in [-0.2, -0.15) is 0 Å². The van der Waals surface area contributed by atoms with E-state index in [9.17, 15) is 13.5 Å². The third-order valence-electron chi connectivity index (χ3n) is 3.27. The van der Waals surface area contributed by atoms with E-state index in [1.165, 1.54) is 0 Å². The zero-order chi connectivity index (χ0) is 11.0. The fourth-order valence-corrected chi connectivity index (χ4v) is 3.80. The molecule has 0 aromatic heterocycles. The molecule has 0 radical (unpaired) electrons. The molecule has 2 atom stereocenters. The van der Waals surface area contributed by atoms with E-state index in [1.54, 1.807) is 6.92 Å². The Hall–Kier alpha value is -0.0900. The van der Waals surface area contributed by atoms with E-state index in [0.29, 0.717) is 18.8 Å². The lowest BCUT2D eigenvalue weighted by Gasteiger charge is -2.26. The van der Waals surface area contributed by atoms with Crippen LogP contribution in [-0.4, -0.2) is 30.1 Å². The molecule has 0 saturated carbocycles. The van der Waals surface area contributed by atoms with Gasteiger partial charge in [0.2, 0.25) is 0 Å². The minimum atomic E-state index is -3.03. The molecular weight excluding hydrogens is 200 g/mol. The van der Waals surface area contributed by atoms with Crippen LogP contribution in [0.1, 0.15) is 40.0 Å². The van der Waals surface area contributed by atoms with Crippen LogP contribution in [0.25, 0.3) is 0 Å². The lowest BCUT2D eigenvalue weighted by atomic mass is 9.89. The highest BCUT2D eigenvalue weighted by atomic mass is 32.2. The zero-order valence-electron chi connectivity index (χ0n) is 9.16. The van der Waals surface area contributed by atoms with E-state index >= 15 is 0 Å². The molecule has 0 aliphatic carbocycles. The predicted molar refractivity (Wildman–Crippen MR) is 56.9 cm³/mol. The average Bonchev–Trinajstić information content (AvgIpc) is 2.28. The van der Waals surface area contributed by atoms with Crippen molar-refractivity contribution in [1.29, 1.82) is 0 Å². The maximum atomic E-state index is 11.5. The van der Waals surface area contributed by atoms with Crippen molar-refractivity contribution in [2.24, 2.45) is 5.92 Å². The number of hydrogen-bond donors (Lipinski definition) is 1. The molecule has 14 heavy (non-hydrogen) atoms. The number of aliphatic hydroxyl groups is 1. The molecule has 0 bridgehead atoms. The summed E-state index contributed by atoms with van der Waals surface area (Å²) >= 11 is 0. The second kappa shape index (κ2) is 3.81. The molecule has 0 spiro atoms. The minimum absolute atomic E-state index is 0.142.